The number of aliphatic hydroxyl groups excluding tert-OH is 3. The van der Waals surface area contributed by atoms with Gasteiger partial charge in [-0.3, -0.25) is 9.59 Å². The first-order chi connectivity index (χ1) is 27.3. The average Bonchev–Trinajstić information content (AvgIpc) is 3.14. The van der Waals surface area contributed by atoms with E-state index in [-0.39, 0.29) is 24.2 Å². The number of Topliss-reactive ketones (excluding diaryl/α,β-unsaturated/α-hetero) is 1. The largest absolute Gasteiger partial charge is 0.463 e. The van der Waals surface area contributed by atoms with Crippen molar-refractivity contribution in [3.63, 3.8) is 0 Å². The number of carbonyl (C=O) groups excluding carboxylic acids is 2. The Morgan fingerprint density at radius 3 is 1.81 bits per heavy atom. The maximum absolute atomic E-state index is 12.2. The van der Waals surface area contributed by atoms with Crippen molar-refractivity contribution < 1.29 is 39.1 Å². The SMILES string of the molecule is CCCC(=O)OCC1OC(OC(C)(C)CC=CC(C)=CC=CC(C)=CC=CC(C)=CC=CC=C(C)C=CC=C(C)C=CC2=C(C)C(=O)CCC2(C)C)C(O)C(O)C1O. The molecule has 5 atom stereocenters. The molecule has 0 aromatic heterocycles. The van der Waals surface area contributed by atoms with Gasteiger partial charge in [0.15, 0.2) is 12.1 Å². The Bertz CT molecular complexity index is 1760. The van der Waals surface area contributed by atoms with Crippen LogP contribution in [-0.4, -0.2) is 70.0 Å². The molecule has 1 aliphatic heterocycles. The highest BCUT2D eigenvalue weighted by atomic mass is 16.7. The predicted molar refractivity (Wildman–Crippen MR) is 237 cm³/mol. The lowest BCUT2D eigenvalue weighted by Gasteiger charge is -2.42. The van der Waals surface area contributed by atoms with Gasteiger partial charge in [-0.2, -0.15) is 0 Å². The van der Waals surface area contributed by atoms with Crippen LogP contribution in [0.1, 0.15) is 108 Å². The van der Waals surface area contributed by atoms with E-state index in [2.05, 4.69) is 83.2 Å². The first-order valence-electron chi connectivity index (χ1n) is 20.5. The molecule has 1 aliphatic carbocycles. The molecule has 0 bridgehead atoms. The highest BCUT2D eigenvalue weighted by molar-refractivity contribution is 5.97. The van der Waals surface area contributed by atoms with E-state index in [0.717, 1.165) is 45.4 Å². The van der Waals surface area contributed by atoms with Crippen LogP contribution in [0.4, 0.5) is 0 Å². The van der Waals surface area contributed by atoms with Crippen molar-refractivity contribution in [1.82, 2.24) is 0 Å². The lowest BCUT2D eigenvalue weighted by molar-refractivity contribution is -0.323. The van der Waals surface area contributed by atoms with E-state index in [1.807, 2.05) is 96.2 Å². The molecule has 318 valence electrons. The van der Waals surface area contributed by atoms with Gasteiger partial charge in [-0.25, -0.2) is 0 Å². The lowest BCUT2D eigenvalue weighted by Crippen LogP contribution is -2.60. The van der Waals surface area contributed by atoms with Crippen LogP contribution in [0.5, 0.6) is 0 Å². The van der Waals surface area contributed by atoms with Crippen molar-refractivity contribution in [2.75, 3.05) is 6.61 Å². The molecule has 0 aromatic rings. The first kappa shape index (κ1) is 50.0. The summed E-state index contributed by atoms with van der Waals surface area (Å²) >= 11 is 0. The third-order valence-electron chi connectivity index (χ3n) is 9.98. The standard InChI is InChI=1S/C50H70O8/c1-12-19-44(52)56-34-43-45(53)46(54)47(55)48(57-43)58-50(10,11)32-18-28-38(5)26-16-25-37(4)24-15-22-35(2)20-13-14-21-36(3)23-17-27-39(6)29-30-41-40(7)42(51)31-33-49(41,8)9/h13-18,20-30,43,45-48,53-55H,12,19,31-34H2,1-11H3. The second-order valence-electron chi connectivity index (χ2n) is 16.6. The average molecular weight is 799 g/mol. The summed E-state index contributed by atoms with van der Waals surface area (Å²) in [6, 6.07) is 0. The minimum Gasteiger partial charge on any atom is -0.463 e. The maximum Gasteiger partial charge on any atom is 0.305 e. The number of rotatable bonds is 19. The number of ketones is 1. The molecule has 58 heavy (non-hydrogen) atoms. The fourth-order valence-corrected chi connectivity index (χ4v) is 6.21. The van der Waals surface area contributed by atoms with E-state index in [0.29, 0.717) is 19.3 Å². The first-order valence-corrected chi connectivity index (χ1v) is 20.5. The minimum absolute atomic E-state index is 0.0191. The highest BCUT2D eigenvalue weighted by Gasteiger charge is 2.46. The molecule has 8 heteroatoms. The second kappa shape index (κ2) is 24.7. The zero-order valence-corrected chi connectivity index (χ0v) is 36.8. The lowest BCUT2D eigenvalue weighted by atomic mass is 9.72. The van der Waals surface area contributed by atoms with Crippen molar-refractivity contribution in [3.8, 4) is 0 Å². The van der Waals surface area contributed by atoms with Crippen molar-refractivity contribution in [1.29, 1.82) is 0 Å². The van der Waals surface area contributed by atoms with Crippen molar-refractivity contribution in [3.05, 3.63) is 142 Å². The topological polar surface area (TPSA) is 123 Å². The summed E-state index contributed by atoms with van der Waals surface area (Å²) in [5, 5.41) is 31.2. The van der Waals surface area contributed by atoms with Crippen molar-refractivity contribution in [2.24, 2.45) is 5.41 Å². The van der Waals surface area contributed by atoms with E-state index in [9.17, 15) is 24.9 Å². The van der Waals surface area contributed by atoms with Gasteiger partial charge in [-0.15, -0.1) is 0 Å². The molecule has 0 spiro atoms. The molecule has 1 fully saturated rings. The smallest absolute Gasteiger partial charge is 0.305 e. The third kappa shape index (κ3) is 18.2. The monoisotopic (exact) mass is 799 g/mol. The van der Waals surface area contributed by atoms with Gasteiger partial charge in [0.25, 0.3) is 0 Å². The van der Waals surface area contributed by atoms with Crippen molar-refractivity contribution >= 4 is 11.8 Å². The summed E-state index contributed by atoms with van der Waals surface area (Å²) in [6.07, 6.45) is 31.0. The quantitative estimate of drug-likeness (QED) is 0.0872. The van der Waals surface area contributed by atoms with Crippen LogP contribution in [0.25, 0.3) is 0 Å². The van der Waals surface area contributed by atoms with Gasteiger partial charge in [-0.1, -0.05) is 152 Å². The number of aliphatic hydroxyl groups is 3. The molecule has 8 nitrogen and oxygen atoms in total. The van der Waals surface area contributed by atoms with Gasteiger partial charge in [-0.05, 0) is 91.2 Å². The Balaban J connectivity index is 1.84. The van der Waals surface area contributed by atoms with Gasteiger partial charge >= 0.3 is 5.97 Å². The molecule has 0 radical (unpaired) electrons. The van der Waals surface area contributed by atoms with E-state index >= 15 is 0 Å². The second-order valence-corrected chi connectivity index (χ2v) is 16.6. The van der Waals surface area contributed by atoms with Crippen LogP contribution >= 0.6 is 0 Å². The summed E-state index contributed by atoms with van der Waals surface area (Å²) in [4.78, 5) is 24.0. The number of hydrogen-bond donors (Lipinski definition) is 3. The molecule has 3 N–H and O–H groups in total. The Morgan fingerprint density at radius 2 is 1.28 bits per heavy atom. The molecule has 2 aliphatic rings. The fraction of sp³-hybridized carbons (Fsp3) is 0.480. The Hall–Kier alpha value is -4.18. The zero-order chi connectivity index (χ0) is 43.5. The Kier molecular flexibility index (Phi) is 21.3. The molecular weight excluding hydrogens is 729 g/mol. The van der Waals surface area contributed by atoms with E-state index in [1.165, 1.54) is 0 Å². The summed E-state index contributed by atoms with van der Waals surface area (Å²) in [5.41, 5.74) is 6.81. The zero-order valence-electron chi connectivity index (χ0n) is 36.8. The number of ether oxygens (including phenoxy) is 3. The highest BCUT2D eigenvalue weighted by Crippen LogP contribution is 2.39. The van der Waals surface area contributed by atoms with Gasteiger partial charge in [0.2, 0.25) is 0 Å². The molecular formula is C50H70O8. The van der Waals surface area contributed by atoms with Gasteiger partial charge in [0, 0.05) is 12.8 Å². The Morgan fingerprint density at radius 1 is 0.776 bits per heavy atom. The molecule has 0 aromatic carbocycles. The minimum atomic E-state index is -1.51. The number of hydrogen-bond acceptors (Lipinski definition) is 8. The normalized spacial score (nSPS) is 25.0. The molecule has 0 amide bonds. The van der Waals surface area contributed by atoms with Crippen LogP contribution in [0.3, 0.4) is 0 Å². The van der Waals surface area contributed by atoms with E-state index in [1.54, 1.807) is 0 Å². The molecule has 1 saturated heterocycles. The van der Waals surface area contributed by atoms with Crippen LogP contribution < -0.4 is 0 Å². The fourth-order valence-electron chi connectivity index (χ4n) is 6.21. The van der Waals surface area contributed by atoms with E-state index < -0.39 is 42.3 Å². The van der Waals surface area contributed by atoms with Gasteiger partial charge < -0.3 is 29.5 Å². The van der Waals surface area contributed by atoms with Crippen LogP contribution in [0.2, 0.25) is 0 Å². The Labute approximate surface area is 348 Å². The summed E-state index contributed by atoms with van der Waals surface area (Å²) in [7, 11) is 0. The van der Waals surface area contributed by atoms with Crippen LogP contribution in [0.15, 0.2) is 142 Å². The maximum atomic E-state index is 12.2. The summed E-state index contributed by atoms with van der Waals surface area (Å²) < 4.78 is 16.9. The number of esters is 1. The number of allylic oxidation sites excluding steroid dienone is 23. The van der Waals surface area contributed by atoms with Gasteiger partial charge in [0.05, 0.1) is 5.60 Å². The van der Waals surface area contributed by atoms with Crippen molar-refractivity contribution in [2.45, 2.75) is 145 Å². The summed E-state index contributed by atoms with van der Waals surface area (Å²) in [5.74, 6) is -0.166. The molecule has 0 saturated carbocycles. The van der Waals surface area contributed by atoms with Crippen LogP contribution in [-0.2, 0) is 23.8 Å². The van der Waals surface area contributed by atoms with Gasteiger partial charge in [0.1, 0.15) is 31.0 Å². The molecule has 2 rings (SSSR count). The molecule has 5 unspecified atom stereocenters. The van der Waals surface area contributed by atoms with Crippen LogP contribution in [0, 0.1) is 5.41 Å². The third-order valence-corrected chi connectivity index (χ3v) is 9.98. The number of carbonyl (C=O) groups is 2. The summed E-state index contributed by atoms with van der Waals surface area (Å²) in [6.45, 7) is 21.9. The van der Waals surface area contributed by atoms with E-state index in [4.69, 9.17) is 14.2 Å². The predicted octanol–water partition coefficient (Wildman–Crippen LogP) is 10.1. The molecule has 1 heterocycles.